The molecule has 18 heavy (non-hydrogen) atoms. The first-order chi connectivity index (χ1) is 8.76. The van der Waals surface area contributed by atoms with Gasteiger partial charge < -0.3 is 10.1 Å². The summed E-state index contributed by atoms with van der Waals surface area (Å²) in [6, 6.07) is 6.82. The van der Waals surface area contributed by atoms with Gasteiger partial charge in [0.25, 0.3) is 0 Å². The minimum atomic E-state index is 0.356. The van der Waals surface area contributed by atoms with Crippen LogP contribution in [0.4, 0.5) is 0 Å². The lowest BCUT2D eigenvalue weighted by Gasteiger charge is -2.24. The zero-order chi connectivity index (χ0) is 13.0. The van der Waals surface area contributed by atoms with Crippen LogP contribution in [0.25, 0.3) is 0 Å². The second kappa shape index (κ2) is 6.05. The fraction of sp³-hybridized carbons (Fsp3) is 0.500. The molecule has 0 aromatic heterocycles. The van der Waals surface area contributed by atoms with Crippen molar-refractivity contribution < 1.29 is 4.74 Å². The van der Waals surface area contributed by atoms with Crippen LogP contribution >= 0.6 is 0 Å². The Morgan fingerprint density at radius 1 is 1.28 bits per heavy atom. The molecule has 0 saturated carbocycles. The number of hydrogen-bond donors (Lipinski definition) is 1. The first-order valence-corrected chi connectivity index (χ1v) is 6.77. The third-order valence-electron chi connectivity index (χ3n) is 3.74. The fourth-order valence-corrected chi connectivity index (χ4v) is 2.77. The van der Waals surface area contributed by atoms with Crippen LogP contribution in [-0.4, -0.2) is 14.2 Å². The molecule has 98 valence electrons. The second-order valence-corrected chi connectivity index (χ2v) is 4.98. The van der Waals surface area contributed by atoms with E-state index in [0.29, 0.717) is 6.04 Å². The number of methoxy groups -OCH3 is 1. The van der Waals surface area contributed by atoms with E-state index in [2.05, 4.69) is 36.5 Å². The van der Waals surface area contributed by atoms with Gasteiger partial charge >= 0.3 is 0 Å². The van der Waals surface area contributed by atoms with E-state index in [4.69, 9.17) is 4.74 Å². The maximum Gasteiger partial charge on any atom is 0.121 e. The molecule has 0 saturated heterocycles. The average molecular weight is 245 g/mol. The lowest BCUT2D eigenvalue weighted by molar-refractivity contribution is 0.411. The molecule has 1 aromatic rings. The van der Waals surface area contributed by atoms with Gasteiger partial charge in [-0.25, -0.2) is 0 Å². The standard InChI is InChI=1S/C16H23NO/c1-12-11-14(9-10-15(12)18-3)16(17-2)13-7-5-4-6-8-13/h7,9-11,16-17H,4-6,8H2,1-3H3. The van der Waals surface area contributed by atoms with Crippen LogP contribution in [0, 0.1) is 6.92 Å². The summed E-state index contributed by atoms with van der Waals surface area (Å²) in [5.74, 6) is 0.964. The van der Waals surface area contributed by atoms with E-state index in [1.165, 1.54) is 42.4 Å². The highest BCUT2D eigenvalue weighted by atomic mass is 16.5. The molecule has 1 aliphatic carbocycles. The van der Waals surface area contributed by atoms with Gasteiger partial charge in [0, 0.05) is 0 Å². The molecule has 2 rings (SSSR count). The first-order valence-electron chi connectivity index (χ1n) is 6.77. The largest absolute Gasteiger partial charge is 0.496 e. The summed E-state index contributed by atoms with van der Waals surface area (Å²) in [4.78, 5) is 0. The van der Waals surface area contributed by atoms with Crippen molar-refractivity contribution in [3.8, 4) is 5.75 Å². The molecule has 2 heteroatoms. The highest BCUT2D eigenvalue weighted by Crippen LogP contribution is 2.31. The quantitative estimate of drug-likeness (QED) is 0.815. The molecule has 0 aliphatic heterocycles. The molecule has 0 bridgehead atoms. The SMILES string of the molecule is CNC(C1=CCCCC1)c1ccc(OC)c(C)c1. The van der Waals surface area contributed by atoms with Crippen LogP contribution in [-0.2, 0) is 0 Å². The van der Waals surface area contributed by atoms with Crippen molar-refractivity contribution in [1.29, 1.82) is 0 Å². The molecular formula is C16H23NO. The Balaban J connectivity index is 2.27. The fourth-order valence-electron chi connectivity index (χ4n) is 2.77. The predicted molar refractivity (Wildman–Crippen MR) is 76.1 cm³/mol. The maximum atomic E-state index is 5.32. The van der Waals surface area contributed by atoms with Crippen molar-refractivity contribution in [1.82, 2.24) is 5.32 Å². The Hall–Kier alpha value is -1.28. The summed E-state index contributed by atoms with van der Waals surface area (Å²) in [6.07, 6.45) is 7.50. The molecule has 0 spiro atoms. The Kier molecular flexibility index (Phi) is 4.43. The number of hydrogen-bond acceptors (Lipinski definition) is 2. The van der Waals surface area contributed by atoms with E-state index >= 15 is 0 Å². The van der Waals surface area contributed by atoms with Gasteiger partial charge in [0.1, 0.15) is 5.75 Å². The first kappa shape index (κ1) is 13.2. The topological polar surface area (TPSA) is 21.3 Å². The highest BCUT2D eigenvalue weighted by molar-refractivity contribution is 5.40. The number of allylic oxidation sites excluding steroid dienone is 1. The molecule has 0 radical (unpaired) electrons. The Bertz CT molecular complexity index is 437. The summed E-state index contributed by atoms with van der Waals surface area (Å²) < 4.78 is 5.32. The van der Waals surface area contributed by atoms with Gasteiger partial charge in [-0.05, 0) is 56.8 Å². The molecule has 1 unspecified atom stereocenters. The average Bonchev–Trinajstić information content (AvgIpc) is 2.41. The van der Waals surface area contributed by atoms with Crippen LogP contribution in [0.5, 0.6) is 5.75 Å². The number of aryl methyl sites for hydroxylation is 1. The van der Waals surface area contributed by atoms with Gasteiger partial charge in [-0.15, -0.1) is 0 Å². The molecular weight excluding hydrogens is 222 g/mol. The zero-order valence-corrected chi connectivity index (χ0v) is 11.6. The van der Waals surface area contributed by atoms with Crippen molar-refractivity contribution in [3.63, 3.8) is 0 Å². The van der Waals surface area contributed by atoms with Gasteiger partial charge in [-0.1, -0.05) is 23.8 Å². The molecule has 1 N–H and O–H groups in total. The second-order valence-electron chi connectivity index (χ2n) is 4.98. The molecule has 1 atom stereocenters. The van der Waals surface area contributed by atoms with Gasteiger partial charge in [-0.2, -0.15) is 0 Å². The Morgan fingerprint density at radius 3 is 2.67 bits per heavy atom. The maximum absolute atomic E-state index is 5.32. The summed E-state index contributed by atoms with van der Waals surface area (Å²) >= 11 is 0. The number of benzene rings is 1. The minimum absolute atomic E-state index is 0.356. The highest BCUT2D eigenvalue weighted by Gasteiger charge is 2.17. The van der Waals surface area contributed by atoms with Crippen LogP contribution in [0.2, 0.25) is 0 Å². The normalized spacial score (nSPS) is 17.2. The zero-order valence-electron chi connectivity index (χ0n) is 11.6. The summed E-state index contributed by atoms with van der Waals surface area (Å²) in [5, 5.41) is 3.44. The van der Waals surface area contributed by atoms with Crippen molar-refractivity contribution in [2.24, 2.45) is 0 Å². The van der Waals surface area contributed by atoms with Crippen molar-refractivity contribution in [3.05, 3.63) is 41.0 Å². The van der Waals surface area contributed by atoms with Gasteiger partial charge in [0.15, 0.2) is 0 Å². The van der Waals surface area contributed by atoms with Gasteiger partial charge in [-0.3, -0.25) is 0 Å². The van der Waals surface area contributed by atoms with Crippen molar-refractivity contribution >= 4 is 0 Å². The van der Waals surface area contributed by atoms with E-state index in [9.17, 15) is 0 Å². The van der Waals surface area contributed by atoms with E-state index in [1.54, 1.807) is 7.11 Å². The van der Waals surface area contributed by atoms with Gasteiger partial charge in [0.05, 0.1) is 13.2 Å². The lowest BCUT2D eigenvalue weighted by atomic mass is 9.89. The molecule has 0 amide bonds. The Morgan fingerprint density at radius 2 is 2.11 bits per heavy atom. The number of rotatable bonds is 4. The number of ether oxygens (including phenoxy) is 1. The lowest BCUT2D eigenvalue weighted by Crippen LogP contribution is -2.20. The Labute approximate surface area is 110 Å². The summed E-state index contributed by atoms with van der Waals surface area (Å²) in [7, 11) is 3.76. The molecule has 0 fully saturated rings. The molecule has 0 heterocycles. The van der Waals surface area contributed by atoms with E-state index in [1.807, 2.05) is 7.05 Å². The minimum Gasteiger partial charge on any atom is -0.496 e. The van der Waals surface area contributed by atoms with Gasteiger partial charge in [0.2, 0.25) is 0 Å². The third-order valence-corrected chi connectivity index (χ3v) is 3.74. The molecule has 1 aliphatic rings. The van der Waals surface area contributed by atoms with Crippen molar-refractivity contribution in [2.75, 3.05) is 14.2 Å². The number of nitrogens with one attached hydrogen (secondary N) is 1. The summed E-state index contributed by atoms with van der Waals surface area (Å²) in [6.45, 7) is 2.10. The van der Waals surface area contributed by atoms with E-state index < -0.39 is 0 Å². The smallest absolute Gasteiger partial charge is 0.121 e. The van der Waals surface area contributed by atoms with Crippen LogP contribution in [0.15, 0.2) is 29.8 Å². The predicted octanol–water partition coefficient (Wildman–Crippen LogP) is 3.76. The number of likely N-dealkylation sites (N-methyl/N-ethyl adjacent to an activating group) is 1. The molecule has 2 nitrogen and oxygen atoms in total. The van der Waals surface area contributed by atoms with Crippen LogP contribution in [0.1, 0.15) is 42.9 Å². The van der Waals surface area contributed by atoms with Crippen molar-refractivity contribution in [2.45, 2.75) is 38.6 Å². The molecule has 1 aromatic carbocycles. The van der Waals surface area contributed by atoms with E-state index in [0.717, 1.165) is 5.75 Å². The van der Waals surface area contributed by atoms with E-state index in [-0.39, 0.29) is 0 Å². The monoisotopic (exact) mass is 245 g/mol. The van der Waals surface area contributed by atoms with Crippen LogP contribution in [0.3, 0.4) is 0 Å². The van der Waals surface area contributed by atoms with Crippen LogP contribution < -0.4 is 10.1 Å². The third kappa shape index (κ3) is 2.75. The summed E-state index contributed by atoms with van der Waals surface area (Å²) in [5.41, 5.74) is 4.07.